The van der Waals surface area contributed by atoms with Crippen LogP contribution in [0.25, 0.3) is 11.1 Å². The Morgan fingerprint density at radius 1 is 0.909 bits per heavy atom. The second kappa shape index (κ2) is 4.97. The number of halogens is 5. The first kappa shape index (κ1) is 14.3. The molecule has 2 aromatic carbocycles. The lowest BCUT2D eigenvalue weighted by molar-refractivity contribution is -0.118. The van der Waals surface area contributed by atoms with Crippen molar-refractivity contribution < 1.29 is 31.5 Å². The van der Waals surface area contributed by atoms with Gasteiger partial charge in [0.25, 0.3) is 5.91 Å². The van der Waals surface area contributed by atoms with Gasteiger partial charge in [0.15, 0.2) is 29.9 Å². The molecule has 1 N–H and O–H groups in total. The highest BCUT2D eigenvalue weighted by atomic mass is 19.2. The molecule has 8 heteroatoms. The Hall–Kier alpha value is -2.64. The monoisotopic (exact) mass is 315 g/mol. The predicted octanol–water partition coefficient (Wildman–Crippen LogP) is 3.38. The Balaban J connectivity index is 2.21. The molecule has 0 aliphatic carbocycles. The zero-order valence-corrected chi connectivity index (χ0v) is 10.6. The average Bonchev–Trinajstić information content (AvgIpc) is 2.51. The third-order valence-corrected chi connectivity index (χ3v) is 3.11. The summed E-state index contributed by atoms with van der Waals surface area (Å²) < 4.78 is 72.1. The maximum absolute atomic E-state index is 13.8. The lowest BCUT2D eigenvalue weighted by Gasteiger charge is -2.19. The molecular formula is C14H6F5NO2. The summed E-state index contributed by atoms with van der Waals surface area (Å²) in [7, 11) is 0. The van der Waals surface area contributed by atoms with E-state index in [1.165, 1.54) is 6.07 Å². The molecule has 0 atom stereocenters. The molecule has 0 saturated carbocycles. The molecule has 2 aromatic rings. The first-order valence-electron chi connectivity index (χ1n) is 5.98. The molecule has 0 radical (unpaired) electrons. The summed E-state index contributed by atoms with van der Waals surface area (Å²) in [5.74, 6) is -10.5. The number of ether oxygens (including phenoxy) is 1. The van der Waals surface area contributed by atoms with Gasteiger partial charge in [0.1, 0.15) is 5.75 Å². The fourth-order valence-electron chi connectivity index (χ4n) is 2.10. The van der Waals surface area contributed by atoms with Gasteiger partial charge in [-0.05, 0) is 17.7 Å². The first-order valence-corrected chi connectivity index (χ1v) is 5.98. The third-order valence-electron chi connectivity index (χ3n) is 3.11. The van der Waals surface area contributed by atoms with E-state index in [-0.39, 0.29) is 23.6 Å². The van der Waals surface area contributed by atoms with Gasteiger partial charge in [-0.3, -0.25) is 4.79 Å². The van der Waals surface area contributed by atoms with Crippen molar-refractivity contribution >= 4 is 11.6 Å². The van der Waals surface area contributed by atoms with Gasteiger partial charge in [-0.15, -0.1) is 0 Å². The standard InChI is InChI=1S/C14H6F5NO2/c15-10-9(11(16)13(18)14(19)12(10)17)5-1-2-7-6(3-5)20-8(21)4-22-7/h1-3H,4H2,(H,20,21). The molecule has 114 valence electrons. The number of hydrogen-bond acceptors (Lipinski definition) is 2. The number of benzene rings is 2. The highest BCUT2D eigenvalue weighted by molar-refractivity contribution is 5.96. The van der Waals surface area contributed by atoms with Gasteiger partial charge < -0.3 is 10.1 Å². The normalized spacial score (nSPS) is 13.4. The van der Waals surface area contributed by atoms with Crippen molar-refractivity contribution in [3.8, 4) is 16.9 Å². The van der Waals surface area contributed by atoms with Crippen molar-refractivity contribution in [3.05, 3.63) is 47.3 Å². The van der Waals surface area contributed by atoms with E-state index >= 15 is 0 Å². The number of carbonyl (C=O) groups excluding carboxylic acids is 1. The van der Waals surface area contributed by atoms with Crippen LogP contribution in [0.5, 0.6) is 5.75 Å². The van der Waals surface area contributed by atoms with Crippen molar-refractivity contribution in [2.24, 2.45) is 0 Å². The number of amides is 1. The number of anilines is 1. The van der Waals surface area contributed by atoms with Crippen LogP contribution in [0.4, 0.5) is 27.6 Å². The summed E-state index contributed by atoms with van der Waals surface area (Å²) in [4.78, 5) is 11.2. The molecule has 0 fully saturated rings. The highest BCUT2D eigenvalue weighted by Crippen LogP contribution is 2.36. The fraction of sp³-hybridized carbons (Fsp3) is 0.0714. The van der Waals surface area contributed by atoms with Gasteiger partial charge in [-0.25, -0.2) is 22.0 Å². The van der Waals surface area contributed by atoms with E-state index in [9.17, 15) is 26.7 Å². The van der Waals surface area contributed by atoms with Crippen molar-refractivity contribution in [1.29, 1.82) is 0 Å². The van der Waals surface area contributed by atoms with E-state index in [4.69, 9.17) is 4.74 Å². The molecule has 0 aromatic heterocycles. The van der Waals surface area contributed by atoms with Crippen LogP contribution in [0.1, 0.15) is 0 Å². The number of hydrogen-bond donors (Lipinski definition) is 1. The number of rotatable bonds is 1. The molecule has 0 spiro atoms. The molecule has 1 aliphatic heterocycles. The van der Waals surface area contributed by atoms with Crippen molar-refractivity contribution in [1.82, 2.24) is 0 Å². The van der Waals surface area contributed by atoms with E-state index in [1.807, 2.05) is 0 Å². The van der Waals surface area contributed by atoms with E-state index in [1.54, 1.807) is 0 Å². The van der Waals surface area contributed by atoms with Gasteiger partial charge >= 0.3 is 0 Å². The Kier molecular flexibility index (Phi) is 3.23. The van der Waals surface area contributed by atoms with Crippen molar-refractivity contribution in [2.75, 3.05) is 11.9 Å². The molecule has 22 heavy (non-hydrogen) atoms. The Labute approximate surface area is 120 Å². The minimum Gasteiger partial charge on any atom is -0.482 e. The maximum atomic E-state index is 13.8. The van der Waals surface area contributed by atoms with Gasteiger partial charge in [0.05, 0.1) is 11.3 Å². The van der Waals surface area contributed by atoms with Crippen LogP contribution in [-0.4, -0.2) is 12.5 Å². The predicted molar refractivity (Wildman–Crippen MR) is 65.8 cm³/mol. The van der Waals surface area contributed by atoms with E-state index in [2.05, 4.69) is 5.32 Å². The molecule has 3 nitrogen and oxygen atoms in total. The summed E-state index contributed by atoms with van der Waals surface area (Å²) in [5.41, 5.74) is -1.27. The molecule has 3 rings (SSSR count). The molecule has 0 bridgehead atoms. The Bertz CT molecular complexity index is 777. The van der Waals surface area contributed by atoms with E-state index < -0.39 is 40.6 Å². The summed E-state index contributed by atoms with van der Waals surface area (Å²) in [6.07, 6.45) is 0. The van der Waals surface area contributed by atoms with Crippen molar-refractivity contribution in [3.63, 3.8) is 0 Å². The minimum absolute atomic E-state index is 0.0812. The van der Waals surface area contributed by atoms with Gasteiger partial charge in [0, 0.05) is 0 Å². The van der Waals surface area contributed by atoms with E-state index in [0.717, 1.165) is 12.1 Å². The highest BCUT2D eigenvalue weighted by Gasteiger charge is 2.27. The molecular weight excluding hydrogens is 309 g/mol. The topological polar surface area (TPSA) is 38.3 Å². The van der Waals surface area contributed by atoms with Crippen LogP contribution in [0.15, 0.2) is 18.2 Å². The summed E-state index contributed by atoms with van der Waals surface area (Å²) in [5, 5.41) is 2.38. The van der Waals surface area contributed by atoms with E-state index in [0.29, 0.717) is 0 Å². The SMILES string of the molecule is O=C1COc2ccc(-c3c(F)c(F)c(F)c(F)c3F)cc2N1. The Morgan fingerprint density at radius 3 is 2.14 bits per heavy atom. The smallest absolute Gasteiger partial charge is 0.262 e. The van der Waals surface area contributed by atoms with Gasteiger partial charge in [0.2, 0.25) is 5.82 Å². The van der Waals surface area contributed by atoms with Crippen LogP contribution in [-0.2, 0) is 4.79 Å². The number of nitrogens with one attached hydrogen (secondary N) is 1. The van der Waals surface area contributed by atoms with Crippen LogP contribution in [0.3, 0.4) is 0 Å². The lowest BCUT2D eigenvalue weighted by atomic mass is 10.0. The molecule has 0 saturated heterocycles. The van der Waals surface area contributed by atoms with Crippen LogP contribution < -0.4 is 10.1 Å². The maximum Gasteiger partial charge on any atom is 0.262 e. The second-order valence-electron chi connectivity index (χ2n) is 4.49. The lowest BCUT2D eigenvalue weighted by Crippen LogP contribution is -2.25. The summed E-state index contributed by atoms with van der Waals surface area (Å²) >= 11 is 0. The fourth-order valence-corrected chi connectivity index (χ4v) is 2.10. The third kappa shape index (κ3) is 2.07. The summed E-state index contributed by atoms with van der Waals surface area (Å²) in [6, 6.07) is 3.47. The Morgan fingerprint density at radius 2 is 1.50 bits per heavy atom. The van der Waals surface area contributed by atoms with Crippen LogP contribution in [0, 0.1) is 29.1 Å². The van der Waals surface area contributed by atoms with Gasteiger partial charge in [-0.1, -0.05) is 6.07 Å². The van der Waals surface area contributed by atoms with Gasteiger partial charge in [-0.2, -0.15) is 0 Å². The average molecular weight is 315 g/mol. The molecule has 0 unspecified atom stereocenters. The number of carbonyl (C=O) groups is 1. The summed E-state index contributed by atoms with van der Waals surface area (Å²) in [6.45, 7) is -0.227. The molecule has 1 aliphatic rings. The second-order valence-corrected chi connectivity index (χ2v) is 4.49. The number of fused-ring (bicyclic) bond motifs is 1. The van der Waals surface area contributed by atoms with Crippen LogP contribution in [0.2, 0.25) is 0 Å². The minimum atomic E-state index is -2.23. The first-order chi connectivity index (χ1) is 10.4. The largest absolute Gasteiger partial charge is 0.482 e. The molecule has 1 amide bonds. The van der Waals surface area contributed by atoms with Crippen LogP contribution >= 0.6 is 0 Å². The molecule has 1 heterocycles. The quantitative estimate of drug-likeness (QED) is 0.498. The van der Waals surface area contributed by atoms with Crippen molar-refractivity contribution in [2.45, 2.75) is 0 Å². The zero-order chi connectivity index (χ0) is 16.0. The zero-order valence-electron chi connectivity index (χ0n) is 10.6.